The molecule has 6 aromatic carbocycles. The second kappa shape index (κ2) is 12.0. The van der Waals surface area contributed by atoms with Gasteiger partial charge in [0.25, 0.3) is 0 Å². The Morgan fingerprint density at radius 1 is 0.536 bits per heavy atom. The van der Waals surface area contributed by atoms with Gasteiger partial charge in [-0.05, 0) is 90.2 Å². The fraction of sp³-hybridized carbons (Fsp3) is 0.0408. The number of rotatable bonds is 5. The number of hydrogen-bond acceptors (Lipinski definition) is 4. The van der Waals surface area contributed by atoms with E-state index in [-0.39, 0.29) is 0 Å². The van der Waals surface area contributed by atoms with Gasteiger partial charge in [-0.3, -0.25) is 13.5 Å². The highest BCUT2D eigenvalue weighted by Crippen LogP contribution is 2.39. The van der Waals surface area contributed by atoms with E-state index >= 15 is 0 Å². The summed E-state index contributed by atoms with van der Waals surface area (Å²) in [4.78, 5) is 15.8. The van der Waals surface area contributed by atoms with Crippen molar-refractivity contribution < 1.29 is 4.42 Å². The van der Waals surface area contributed by atoms with Gasteiger partial charge in [-0.1, -0.05) is 109 Å². The molecule has 0 N–H and O–H groups in total. The number of imidazole rings is 2. The molecule has 0 aliphatic heterocycles. The van der Waals surface area contributed by atoms with Crippen LogP contribution in [0, 0.1) is 0 Å². The Kier molecular flexibility index (Phi) is 6.62. The van der Waals surface area contributed by atoms with Crippen molar-refractivity contribution >= 4 is 66.5 Å². The fourth-order valence-corrected chi connectivity index (χ4v) is 8.55. The van der Waals surface area contributed by atoms with E-state index in [1.165, 1.54) is 0 Å². The molecule has 0 bridgehead atoms. The van der Waals surface area contributed by atoms with Crippen molar-refractivity contribution in [2.45, 2.75) is 12.8 Å². The summed E-state index contributed by atoms with van der Waals surface area (Å²) < 4.78 is 13.3. The van der Waals surface area contributed by atoms with Crippen LogP contribution in [0.2, 0.25) is 0 Å². The van der Waals surface area contributed by atoms with Crippen molar-refractivity contribution in [1.29, 1.82) is 0 Å². The quantitative estimate of drug-likeness (QED) is 0.178. The smallest absolute Gasteiger partial charge is 0.222 e. The third-order valence-corrected chi connectivity index (χ3v) is 11.1. The van der Waals surface area contributed by atoms with Gasteiger partial charge in [-0.25, -0.2) is 9.97 Å². The van der Waals surface area contributed by atoms with Crippen LogP contribution in [0.5, 0.6) is 0 Å². The van der Waals surface area contributed by atoms with Crippen molar-refractivity contribution in [2.24, 2.45) is 0 Å². The summed E-state index contributed by atoms with van der Waals surface area (Å²) in [6, 6.07) is 53.0. The van der Waals surface area contributed by atoms with E-state index in [4.69, 9.17) is 19.4 Å². The zero-order chi connectivity index (χ0) is 36.7. The number of furan rings is 1. The standard InChI is InChI=1S/C49H32N6O/c1-4-15-31(16-5-1)43-46-44(38-24-11-13-26-42(38)56-46)51-47(50-43)34-18-14-17-32(29-34)33-27-28-40-41(30-33)54(36-21-8-3-9-22-36)49-52-48-45(55(40)49)37-23-10-12-25-39(37)53(48)35-19-6-2-7-20-35/h2-4,6-30H,1,5H2. The highest BCUT2D eigenvalue weighted by atomic mass is 16.3. The molecule has 0 atom stereocenters. The average molecular weight is 721 g/mol. The second-order valence-electron chi connectivity index (χ2n) is 14.4. The van der Waals surface area contributed by atoms with Gasteiger partial charge < -0.3 is 4.42 Å². The van der Waals surface area contributed by atoms with Crippen molar-refractivity contribution in [3.05, 3.63) is 176 Å². The normalized spacial score (nSPS) is 13.2. The minimum Gasteiger partial charge on any atom is -0.452 e. The molecule has 7 nitrogen and oxygen atoms in total. The molecule has 5 heterocycles. The molecule has 7 heteroatoms. The Labute approximate surface area is 320 Å². The first kappa shape index (κ1) is 30.9. The van der Waals surface area contributed by atoms with Crippen LogP contribution in [-0.2, 0) is 0 Å². The van der Waals surface area contributed by atoms with E-state index in [9.17, 15) is 0 Å². The zero-order valence-corrected chi connectivity index (χ0v) is 30.2. The third kappa shape index (κ3) is 4.54. The molecule has 11 aromatic rings. The molecule has 0 unspecified atom stereocenters. The lowest BCUT2D eigenvalue weighted by Gasteiger charge is -2.11. The third-order valence-electron chi connectivity index (χ3n) is 11.1. The van der Waals surface area contributed by atoms with Crippen LogP contribution in [0.15, 0.2) is 174 Å². The largest absolute Gasteiger partial charge is 0.452 e. The fourth-order valence-electron chi connectivity index (χ4n) is 8.55. The van der Waals surface area contributed by atoms with E-state index in [1.54, 1.807) is 0 Å². The maximum absolute atomic E-state index is 6.39. The van der Waals surface area contributed by atoms with Crippen molar-refractivity contribution in [2.75, 3.05) is 0 Å². The lowest BCUT2D eigenvalue weighted by molar-refractivity contribution is 0.664. The summed E-state index contributed by atoms with van der Waals surface area (Å²) in [6.07, 6.45) is 8.60. The Hall–Kier alpha value is -7.51. The summed E-state index contributed by atoms with van der Waals surface area (Å²) in [5.74, 6) is 1.54. The molecule has 0 saturated heterocycles. The summed E-state index contributed by atoms with van der Waals surface area (Å²) in [5, 5.41) is 2.14. The molecule has 1 aliphatic rings. The number of allylic oxidation sites excluding steroid dienone is 4. The first-order valence-corrected chi connectivity index (χ1v) is 19.0. The molecular weight excluding hydrogens is 689 g/mol. The lowest BCUT2D eigenvalue weighted by Crippen LogP contribution is -1.98. The molecule has 12 rings (SSSR count). The number of aromatic nitrogens is 6. The molecule has 0 radical (unpaired) electrons. The van der Waals surface area contributed by atoms with Gasteiger partial charge in [0, 0.05) is 27.7 Å². The molecule has 264 valence electrons. The first-order valence-electron chi connectivity index (χ1n) is 19.0. The van der Waals surface area contributed by atoms with E-state index < -0.39 is 0 Å². The van der Waals surface area contributed by atoms with E-state index in [1.807, 2.05) is 18.2 Å². The molecule has 1 aliphatic carbocycles. The predicted octanol–water partition coefficient (Wildman–Crippen LogP) is 12.1. The van der Waals surface area contributed by atoms with Gasteiger partial charge in [0.2, 0.25) is 5.78 Å². The van der Waals surface area contributed by atoms with Crippen LogP contribution in [0.1, 0.15) is 18.5 Å². The molecule has 0 spiro atoms. The maximum atomic E-state index is 6.39. The van der Waals surface area contributed by atoms with E-state index in [0.717, 1.165) is 113 Å². The van der Waals surface area contributed by atoms with E-state index in [2.05, 4.69) is 165 Å². The summed E-state index contributed by atoms with van der Waals surface area (Å²) in [5.41, 5.74) is 14.8. The Morgan fingerprint density at radius 3 is 2.09 bits per heavy atom. The van der Waals surface area contributed by atoms with Gasteiger partial charge in [-0.2, -0.15) is 4.98 Å². The number of para-hydroxylation sites is 4. The van der Waals surface area contributed by atoms with Crippen LogP contribution >= 0.6 is 0 Å². The van der Waals surface area contributed by atoms with Crippen LogP contribution in [-0.4, -0.2) is 28.5 Å². The number of fused-ring (bicyclic) bond motifs is 10. The molecule has 5 aromatic heterocycles. The minimum atomic E-state index is 0.671. The van der Waals surface area contributed by atoms with Gasteiger partial charge in [-0.15, -0.1) is 0 Å². The van der Waals surface area contributed by atoms with Crippen LogP contribution in [0.25, 0.3) is 100 Å². The maximum Gasteiger partial charge on any atom is 0.222 e. The molecule has 0 saturated carbocycles. The van der Waals surface area contributed by atoms with Crippen molar-refractivity contribution in [3.8, 4) is 33.9 Å². The van der Waals surface area contributed by atoms with Crippen molar-refractivity contribution in [1.82, 2.24) is 28.5 Å². The van der Waals surface area contributed by atoms with Crippen LogP contribution in [0.3, 0.4) is 0 Å². The Morgan fingerprint density at radius 2 is 1.27 bits per heavy atom. The highest BCUT2D eigenvalue weighted by Gasteiger charge is 2.24. The highest BCUT2D eigenvalue weighted by molar-refractivity contribution is 6.10. The first-order chi connectivity index (χ1) is 27.8. The minimum absolute atomic E-state index is 0.671. The van der Waals surface area contributed by atoms with Gasteiger partial charge in [0.1, 0.15) is 22.3 Å². The lowest BCUT2D eigenvalue weighted by atomic mass is 10.0. The van der Waals surface area contributed by atoms with E-state index in [0.29, 0.717) is 5.82 Å². The Balaban J connectivity index is 1.07. The molecule has 0 amide bonds. The van der Waals surface area contributed by atoms with Crippen LogP contribution < -0.4 is 0 Å². The molecule has 56 heavy (non-hydrogen) atoms. The SMILES string of the molecule is C1=CC(c2nc(-c3cccc(-c4ccc5c(c4)n(-c4ccccc4)c4nc6c(c7ccccc7n6-c6ccccc6)n54)c3)nc3c2oc2ccccc23)=CCC1. The van der Waals surface area contributed by atoms with Gasteiger partial charge >= 0.3 is 0 Å². The number of benzene rings is 6. The van der Waals surface area contributed by atoms with Gasteiger partial charge in [0.05, 0.1) is 16.6 Å². The summed E-state index contributed by atoms with van der Waals surface area (Å²) in [7, 11) is 0. The monoisotopic (exact) mass is 720 g/mol. The molecule has 0 fully saturated rings. The second-order valence-corrected chi connectivity index (χ2v) is 14.4. The molecular formula is C49H32N6O. The average Bonchev–Trinajstić information content (AvgIpc) is 4.00. The number of hydrogen-bond donors (Lipinski definition) is 0. The predicted molar refractivity (Wildman–Crippen MR) is 226 cm³/mol. The topological polar surface area (TPSA) is 66.1 Å². The van der Waals surface area contributed by atoms with Crippen LogP contribution in [0.4, 0.5) is 0 Å². The summed E-state index contributed by atoms with van der Waals surface area (Å²) in [6.45, 7) is 0. The van der Waals surface area contributed by atoms with Crippen molar-refractivity contribution in [3.63, 3.8) is 0 Å². The number of nitrogens with zero attached hydrogens (tertiary/aromatic N) is 6. The Bertz CT molecular complexity index is 3410. The van der Waals surface area contributed by atoms with Gasteiger partial charge in [0.15, 0.2) is 17.1 Å². The zero-order valence-electron chi connectivity index (χ0n) is 30.2. The summed E-state index contributed by atoms with van der Waals surface area (Å²) >= 11 is 0.